The summed E-state index contributed by atoms with van der Waals surface area (Å²) >= 11 is 5.89. The molecule has 1 amide bonds. The molecular weight excluding hydrogens is 380 g/mol. The summed E-state index contributed by atoms with van der Waals surface area (Å²) in [6.45, 7) is 3.78. The fraction of sp³-hybridized carbons (Fsp3) is 0.375. The highest BCUT2D eigenvalue weighted by atomic mass is 35.5. The van der Waals surface area contributed by atoms with E-state index in [1.165, 1.54) is 16.4 Å². The van der Waals surface area contributed by atoms with E-state index < -0.39 is 10.0 Å². The molecule has 1 fully saturated rings. The molecule has 2 aromatic rings. The Labute approximate surface area is 156 Å². The lowest BCUT2D eigenvalue weighted by Crippen LogP contribution is -3.15. The molecule has 0 aliphatic carbocycles. The first-order valence-electron chi connectivity index (χ1n) is 8.17. The molecule has 0 saturated carbocycles. The molecule has 0 atom stereocenters. The lowest BCUT2D eigenvalue weighted by Gasteiger charge is -2.31. The van der Waals surface area contributed by atoms with Gasteiger partial charge >= 0.3 is 0 Å². The van der Waals surface area contributed by atoms with Crippen LogP contribution in [0.3, 0.4) is 0 Å². The third-order valence-corrected chi connectivity index (χ3v) is 6.30. The Morgan fingerprint density at radius 2 is 2.08 bits per heavy atom. The third kappa shape index (κ3) is 4.42. The number of piperazine rings is 1. The first-order chi connectivity index (χ1) is 12.3. The topological polar surface area (TPSA) is 97.0 Å². The summed E-state index contributed by atoms with van der Waals surface area (Å²) in [5.41, 5.74) is 0. The van der Waals surface area contributed by atoms with Crippen molar-refractivity contribution in [1.29, 1.82) is 0 Å². The number of hydrogen-bond donors (Lipinski definition) is 2. The Morgan fingerprint density at radius 1 is 1.35 bits per heavy atom. The van der Waals surface area contributed by atoms with Gasteiger partial charge in [0.05, 0.1) is 31.1 Å². The quantitative estimate of drug-likeness (QED) is 0.746. The van der Waals surface area contributed by atoms with E-state index in [0.29, 0.717) is 42.8 Å². The van der Waals surface area contributed by atoms with Crippen molar-refractivity contribution in [1.82, 2.24) is 9.46 Å². The lowest BCUT2D eigenvalue weighted by molar-refractivity contribution is -0.895. The molecule has 0 radical (unpaired) electrons. The number of halogens is 1. The number of nitrogens with one attached hydrogen (secondary N) is 2. The number of sulfonamides is 1. The molecule has 2 heterocycles. The van der Waals surface area contributed by atoms with Crippen molar-refractivity contribution in [3.63, 3.8) is 0 Å². The van der Waals surface area contributed by atoms with Crippen molar-refractivity contribution in [3.8, 4) is 0 Å². The smallest absolute Gasteiger partial charge is 0.280 e. The molecule has 0 unspecified atom stereocenters. The molecule has 1 aromatic heterocycles. The summed E-state index contributed by atoms with van der Waals surface area (Å²) in [7, 11) is -3.57. The van der Waals surface area contributed by atoms with Gasteiger partial charge in [-0.15, -0.1) is 0 Å². The van der Waals surface area contributed by atoms with Crippen LogP contribution in [0.25, 0.3) is 0 Å². The second kappa shape index (κ2) is 7.75. The Morgan fingerprint density at radius 3 is 2.69 bits per heavy atom. The average Bonchev–Trinajstić information content (AvgIpc) is 3.00. The van der Waals surface area contributed by atoms with Crippen LogP contribution in [-0.2, 0) is 14.8 Å². The minimum Gasteiger partial charge on any atom is -0.360 e. The molecule has 1 aliphatic rings. The van der Waals surface area contributed by atoms with Gasteiger partial charge in [-0.05, 0) is 25.1 Å². The van der Waals surface area contributed by atoms with E-state index in [4.69, 9.17) is 16.1 Å². The summed E-state index contributed by atoms with van der Waals surface area (Å²) in [5, 5.41) is 6.78. The van der Waals surface area contributed by atoms with Gasteiger partial charge < -0.3 is 14.7 Å². The Kier molecular flexibility index (Phi) is 5.61. The van der Waals surface area contributed by atoms with Gasteiger partial charge in [0.15, 0.2) is 12.4 Å². The normalized spacial score (nSPS) is 16.5. The van der Waals surface area contributed by atoms with Gasteiger partial charge in [-0.25, -0.2) is 8.42 Å². The fourth-order valence-electron chi connectivity index (χ4n) is 2.84. The zero-order chi connectivity index (χ0) is 18.7. The molecule has 140 valence electrons. The number of benzene rings is 1. The Balaban J connectivity index is 1.54. The van der Waals surface area contributed by atoms with Crippen LogP contribution in [0, 0.1) is 6.92 Å². The molecule has 2 N–H and O–H groups in total. The number of aromatic nitrogens is 1. The summed E-state index contributed by atoms with van der Waals surface area (Å²) in [6, 6.07) is 7.88. The molecule has 8 nitrogen and oxygen atoms in total. The summed E-state index contributed by atoms with van der Waals surface area (Å²) in [5.74, 6) is 0.820. The van der Waals surface area contributed by atoms with Crippen LogP contribution in [0.15, 0.2) is 39.8 Å². The van der Waals surface area contributed by atoms with Crippen molar-refractivity contribution in [2.75, 3.05) is 38.0 Å². The van der Waals surface area contributed by atoms with E-state index in [2.05, 4.69) is 10.5 Å². The maximum atomic E-state index is 12.7. The monoisotopic (exact) mass is 399 g/mol. The van der Waals surface area contributed by atoms with E-state index >= 15 is 0 Å². The maximum absolute atomic E-state index is 12.7. The van der Waals surface area contributed by atoms with Crippen molar-refractivity contribution >= 4 is 33.3 Å². The second-order valence-corrected chi connectivity index (χ2v) is 8.53. The summed E-state index contributed by atoms with van der Waals surface area (Å²) < 4.78 is 31.7. The van der Waals surface area contributed by atoms with Crippen molar-refractivity contribution in [2.24, 2.45) is 0 Å². The first-order valence-corrected chi connectivity index (χ1v) is 9.99. The van der Waals surface area contributed by atoms with Gasteiger partial charge in [-0.2, -0.15) is 4.31 Å². The number of amides is 1. The van der Waals surface area contributed by atoms with Gasteiger partial charge in [0.1, 0.15) is 5.76 Å². The van der Waals surface area contributed by atoms with Gasteiger partial charge in [0, 0.05) is 11.1 Å². The molecule has 0 spiro atoms. The lowest BCUT2D eigenvalue weighted by atomic mass is 10.3. The molecule has 1 aromatic carbocycles. The van der Waals surface area contributed by atoms with Crippen LogP contribution in [-0.4, -0.2) is 56.5 Å². The van der Waals surface area contributed by atoms with Gasteiger partial charge in [-0.1, -0.05) is 22.8 Å². The molecular formula is C16H20ClN4O4S+. The molecule has 1 aliphatic heterocycles. The third-order valence-electron chi connectivity index (χ3n) is 4.17. The van der Waals surface area contributed by atoms with Crippen LogP contribution in [0.4, 0.5) is 5.82 Å². The van der Waals surface area contributed by atoms with Crippen molar-refractivity contribution in [3.05, 3.63) is 41.1 Å². The van der Waals surface area contributed by atoms with Crippen LogP contribution in [0.2, 0.25) is 5.02 Å². The van der Waals surface area contributed by atoms with Crippen molar-refractivity contribution in [2.45, 2.75) is 11.8 Å². The zero-order valence-corrected chi connectivity index (χ0v) is 15.8. The Bertz CT molecular complexity index is 891. The minimum atomic E-state index is -3.57. The van der Waals surface area contributed by atoms with E-state index in [9.17, 15) is 13.2 Å². The van der Waals surface area contributed by atoms with Crippen LogP contribution >= 0.6 is 11.6 Å². The number of hydrogen-bond acceptors (Lipinski definition) is 5. The zero-order valence-electron chi connectivity index (χ0n) is 14.2. The first kappa shape index (κ1) is 18.8. The van der Waals surface area contributed by atoms with Crippen LogP contribution in [0.5, 0.6) is 0 Å². The van der Waals surface area contributed by atoms with Crippen LogP contribution in [0.1, 0.15) is 5.76 Å². The predicted molar refractivity (Wildman–Crippen MR) is 95.6 cm³/mol. The van der Waals surface area contributed by atoms with E-state index in [1.807, 2.05) is 0 Å². The predicted octanol–water partition coefficient (Wildman–Crippen LogP) is 0.164. The highest BCUT2D eigenvalue weighted by molar-refractivity contribution is 7.89. The Hall–Kier alpha value is -1.94. The van der Waals surface area contributed by atoms with Gasteiger partial charge in [-0.3, -0.25) is 4.79 Å². The summed E-state index contributed by atoms with van der Waals surface area (Å²) in [4.78, 5) is 13.3. The number of carbonyl (C=O) groups excluding carboxylic acids is 1. The molecule has 3 rings (SSSR count). The highest BCUT2D eigenvalue weighted by Gasteiger charge is 2.31. The average molecular weight is 400 g/mol. The van der Waals surface area contributed by atoms with Crippen molar-refractivity contribution < 1.29 is 22.6 Å². The molecule has 1 saturated heterocycles. The number of rotatable bonds is 5. The van der Waals surface area contributed by atoms with Gasteiger partial charge in [0.2, 0.25) is 10.0 Å². The fourth-order valence-corrected chi connectivity index (χ4v) is 4.58. The van der Waals surface area contributed by atoms with E-state index in [-0.39, 0.29) is 17.3 Å². The molecule has 26 heavy (non-hydrogen) atoms. The number of carbonyl (C=O) groups is 1. The maximum Gasteiger partial charge on any atom is 0.280 e. The largest absolute Gasteiger partial charge is 0.360 e. The number of quaternary nitrogens is 1. The molecule has 10 heteroatoms. The summed E-state index contributed by atoms with van der Waals surface area (Å²) in [6.07, 6.45) is 0. The highest BCUT2D eigenvalue weighted by Crippen LogP contribution is 2.19. The molecule has 0 bridgehead atoms. The van der Waals surface area contributed by atoms with E-state index in [0.717, 1.165) is 4.90 Å². The van der Waals surface area contributed by atoms with Crippen LogP contribution < -0.4 is 10.2 Å². The number of aryl methyl sites for hydroxylation is 1. The minimum absolute atomic E-state index is 0.181. The SMILES string of the molecule is Cc1cc(NC(=O)C[NH+]2CCN(S(=O)(=O)c3cccc(Cl)c3)CC2)no1. The van der Waals surface area contributed by atoms with E-state index in [1.54, 1.807) is 25.1 Å². The second-order valence-electron chi connectivity index (χ2n) is 6.16. The standard InChI is InChI=1S/C16H19ClN4O4S/c1-12-9-15(19-25-12)18-16(22)11-20-5-7-21(8-6-20)26(23,24)14-4-2-3-13(17)10-14/h2-4,9-10H,5-8,11H2,1H3,(H,18,19,22)/p+1. The number of nitrogens with zero attached hydrogens (tertiary/aromatic N) is 2. The number of anilines is 1. The van der Waals surface area contributed by atoms with Gasteiger partial charge in [0.25, 0.3) is 5.91 Å².